The first-order valence-corrected chi connectivity index (χ1v) is 11.6. The first-order chi connectivity index (χ1) is 14.7. The number of hydrogen-bond acceptors (Lipinski definition) is 7. The maximum Gasteiger partial charge on any atom is 0.211 e. The Balaban J connectivity index is 1.66. The van der Waals surface area contributed by atoms with E-state index in [2.05, 4.69) is 15.3 Å². The Kier molecular flexibility index (Phi) is 5.87. The first kappa shape index (κ1) is 21.5. The van der Waals surface area contributed by atoms with E-state index in [1.807, 2.05) is 0 Å². The van der Waals surface area contributed by atoms with Crippen molar-refractivity contribution >= 4 is 44.0 Å². The number of sulfonamides is 1. The van der Waals surface area contributed by atoms with Gasteiger partial charge in [0.15, 0.2) is 11.5 Å². The third kappa shape index (κ3) is 4.65. The van der Waals surface area contributed by atoms with Gasteiger partial charge >= 0.3 is 0 Å². The van der Waals surface area contributed by atoms with Crippen LogP contribution in [0.1, 0.15) is 6.42 Å². The van der Waals surface area contributed by atoms with Crippen molar-refractivity contribution in [3.63, 3.8) is 0 Å². The van der Waals surface area contributed by atoms with Crippen molar-refractivity contribution in [2.75, 3.05) is 31.8 Å². The smallest absolute Gasteiger partial charge is 0.211 e. The van der Waals surface area contributed by atoms with Gasteiger partial charge in [-0.05, 0) is 30.7 Å². The van der Waals surface area contributed by atoms with Gasteiger partial charge in [-0.2, -0.15) is 4.31 Å². The number of hydrogen-bond donors (Lipinski definition) is 1. The largest absolute Gasteiger partial charge is 0.493 e. The lowest BCUT2D eigenvalue weighted by Gasteiger charge is -2.18. The fourth-order valence-electron chi connectivity index (χ4n) is 3.40. The maximum absolute atomic E-state index is 13.5. The number of nitrogens with one attached hydrogen (secondary N) is 1. The molecule has 2 heterocycles. The molecule has 0 spiro atoms. The van der Waals surface area contributed by atoms with E-state index in [1.54, 1.807) is 18.2 Å². The van der Waals surface area contributed by atoms with E-state index in [-0.39, 0.29) is 17.7 Å². The molecule has 2 aromatic carbocycles. The molecule has 3 aromatic rings. The Hall–Kier alpha value is -2.69. The van der Waals surface area contributed by atoms with Crippen molar-refractivity contribution < 1.29 is 22.3 Å². The average Bonchev–Trinajstić information content (AvgIpc) is 3.20. The molecule has 31 heavy (non-hydrogen) atoms. The topological polar surface area (TPSA) is 93.7 Å². The molecule has 1 N–H and O–H groups in total. The van der Waals surface area contributed by atoms with Crippen LogP contribution in [0.3, 0.4) is 0 Å². The molecular formula is C20H20ClFN4O4S. The molecule has 0 saturated carbocycles. The average molecular weight is 467 g/mol. The molecule has 1 aliphatic heterocycles. The van der Waals surface area contributed by atoms with Gasteiger partial charge in [0.2, 0.25) is 10.0 Å². The molecule has 0 radical (unpaired) electrons. The van der Waals surface area contributed by atoms with E-state index in [0.717, 1.165) is 0 Å². The number of halogens is 2. The van der Waals surface area contributed by atoms with Crippen molar-refractivity contribution in [1.82, 2.24) is 14.3 Å². The Morgan fingerprint density at radius 1 is 1.23 bits per heavy atom. The van der Waals surface area contributed by atoms with Crippen LogP contribution in [0.15, 0.2) is 36.7 Å². The minimum atomic E-state index is -3.27. The van der Waals surface area contributed by atoms with Crippen LogP contribution in [0.4, 0.5) is 15.9 Å². The highest BCUT2D eigenvalue weighted by molar-refractivity contribution is 7.88. The van der Waals surface area contributed by atoms with Gasteiger partial charge < -0.3 is 14.8 Å². The summed E-state index contributed by atoms with van der Waals surface area (Å²) in [4.78, 5) is 8.56. The van der Waals surface area contributed by atoms with E-state index in [0.29, 0.717) is 46.9 Å². The normalized spacial score (nSPS) is 17.1. The number of anilines is 2. The summed E-state index contributed by atoms with van der Waals surface area (Å²) in [6.45, 7) is 0.672. The summed E-state index contributed by atoms with van der Waals surface area (Å²) in [6, 6.07) is 7.74. The zero-order chi connectivity index (χ0) is 22.2. The highest BCUT2D eigenvalue weighted by Crippen LogP contribution is 2.36. The molecule has 1 atom stereocenters. The van der Waals surface area contributed by atoms with Crippen LogP contribution >= 0.6 is 11.6 Å². The third-order valence-electron chi connectivity index (χ3n) is 4.97. The van der Waals surface area contributed by atoms with Crippen LogP contribution < -0.4 is 14.8 Å². The summed E-state index contributed by atoms with van der Waals surface area (Å²) >= 11 is 5.87. The first-order valence-electron chi connectivity index (χ1n) is 9.41. The van der Waals surface area contributed by atoms with Crippen LogP contribution in [0.25, 0.3) is 10.9 Å². The molecule has 1 unspecified atom stereocenters. The Morgan fingerprint density at radius 3 is 2.71 bits per heavy atom. The molecule has 0 aliphatic carbocycles. The lowest BCUT2D eigenvalue weighted by Crippen LogP contribution is -2.29. The van der Waals surface area contributed by atoms with Crippen molar-refractivity contribution in [3.8, 4) is 11.5 Å². The van der Waals surface area contributed by atoms with Gasteiger partial charge in [0.05, 0.1) is 30.4 Å². The van der Waals surface area contributed by atoms with Crippen LogP contribution in [0.5, 0.6) is 11.5 Å². The number of methoxy groups -OCH3 is 1. The molecule has 164 valence electrons. The number of benzene rings is 2. The predicted molar refractivity (Wildman–Crippen MR) is 116 cm³/mol. The van der Waals surface area contributed by atoms with Crippen molar-refractivity contribution in [2.45, 2.75) is 12.5 Å². The van der Waals surface area contributed by atoms with Crippen molar-refractivity contribution in [1.29, 1.82) is 0 Å². The second kappa shape index (κ2) is 8.45. The quantitative estimate of drug-likeness (QED) is 0.593. The Bertz CT molecular complexity index is 1240. The summed E-state index contributed by atoms with van der Waals surface area (Å²) in [7, 11) is -1.75. The molecular weight excluding hydrogens is 447 g/mol. The van der Waals surface area contributed by atoms with Crippen LogP contribution in [-0.2, 0) is 10.0 Å². The van der Waals surface area contributed by atoms with Crippen LogP contribution in [0.2, 0.25) is 5.02 Å². The van der Waals surface area contributed by atoms with Gasteiger partial charge in [0.25, 0.3) is 0 Å². The Morgan fingerprint density at radius 2 is 2.03 bits per heavy atom. The summed E-state index contributed by atoms with van der Waals surface area (Å²) < 4.78 is 49.9. The fourth-order valence-corrected chi connectivity index (χ4v) is 4.46. The predicted octanol–water partition coefficient (Wildman–Crippen LogP) is 3.59. The zero-order valence-electron chi connectivity index (χ0n) is 16.8. The molecule has 0 bridgehead atoms. The van der Waals surface area contributed by atoms with Gasteiger partial charge in [-0.1, -0.05) is 11.6 Å². The summed E-state index contributed by atoms with van der Waals surface area (Å²) in [6.07, 6.45) is 2.84. The highest BCUT2D eigenvalue weighted by atomic mass is 35.5. The number of fused-ring (bicyclic) bond motifs is 1. The molecule has 1 fully saturated rings. The van der Waals surface area contributed by atoms with E-state index in [1.165, 1.54) is 36.1 Å². The van der Waals surface area contributed by atoms with Crippen LogP contribution in [-0.4, -0.2) is 55.3 Å². The van der Waals surface area contributed by atoms with Gasteiger partial charge in [-0.25, -0.2) is 22.8 Å². The third-order valence-corrected chi connectivity index (χ3v) is 6.53. The standard InChI is InChI=1S/C20H20ClFN4O4S/c1-29-18-9-17-14(8-19(18)30-13-5-6-26(10-13)31(2,27)28)20(24-11-23-17)25-12-3-4-16(22)15(21)7-12/h3-4,7-9,11,13H,5-6,10H2,1-2H3,(H,23,24,25). The summed E-state index contributed by atoms with van der Waals surface area (Å²) in [5, 5.41) is 3.76. The molecule has 4 rings (SSSR count). The van der Waals surface area contributed by atoms with Gasteiger partial charge in [0.1, 0.15) is 24.1 Å². The maximum atomic E-state index is 13.5. The highest BCUT2D eigenvalue weighted by Gasteiger charge is 2.30. The molecule has 11 heteroatoms. The van der Waals surface area contributed by atoms with E-state index in [9.17, 15) is 12.8 Å². The van der Waals surface area contributed by atoms with Crippen molar-refractivity contribution in [3.05, 3.63) is 47.5 Å². The molecule has 1 saturated heterocycles. The second-order valence-corrected chi connectivity index (χ2v) is 9.54. The zero-order valence-corrected chi connectivity index (χ0v) is 18.4. The Labute approximate surface area is 184 Å². The second-order valence-electron chi connectivity index (χ2n) is 7.15. The SMILES string of the molecule is COc1cc2ncnc(Nc3ccc(F)c(Cl)c3)c2cc1OC1CCN(S(C)(=O)=O)C1. The number of nitrogens with zero attached hydrogens (tertiary/aromatic N) is 3. The monoisotopic (exact) mass is 466 g/mol. The minimum Gasteiger partial charge on any atom is -0.493 e. The molecule has 0 amide bonds. The number of rotatable bonds is 6. The molecule has 1 aromatic heterocycles. The lowest BCUT2D eigenvalue weighted by atomic mass is 10.2. The lowest BCUT2D eigenvalue weighted by molar-refractivity contribution is 0.206. The summed E-state index contributed by atoms with van der Waals surface area (Å²) in [5.41, 5.74) is 1.17. The van der Waals surface area contributed by atoms with Crippen molar-refractivity contribution in [2.24, 2.45) is 0 Å². The van der Waals surface area contributed by atoms with Gasteiger partial charge in [-0.15, -0.1) is 0 Å². The van der Waals surface area contributed by atoms with Gasteiger partial charge in [-0.3, -0.25) is 0 Å². The number of aromatic nitrogens is 2. The van der Waals surface area contributed by atoms with Crippen LogP contribution in [0, 0.1) is 5.82 Å². The van der Waals surface area contributed by atoms with E-state index in [4.69, 9.17) is 21.1 Å². The fraction of sp³-hybridized carbons (Fsp3) is 0.300. The van der Waals surface area contributed by atoms with Gasteiger partial charge in [0, 0.05) is 23.7 Å². The minimum absolute atomic E-state index is 0.00860. The van der Waals surface area contributed by atoms with E-state index >= 15 is 0 Å². The number of ether oxygens (including phenoxy) is 2. The molecule has 1 aliphatic rings. The summed E-state index contributed by atoms with van der Waals surface area (Å²) in [5.74, 6) is 0.884. The van der Waals surface area contributed by atoms with E-state index < -0.39 is 15.8 Å². The molecule has 8 nitrogen and oxygen atoms in total.